The van der Waals surface area contributed by atoms with E-state index in [1.807, 2.05) is 13.8 Å². The lowest BCUT2D eigenvalue weighted by Crippen LogP contribution is -2.36. The number of methoxy groups -OCH3 is 1. The maximum atomic E-state index is 12.0. The Morgan fingerprint density at radius 3 is 2.68 bits per heavy atom. The molecule has 0 fully saturated rings. The predicted octanol–water partition coefficient (Wildman–Crippen LogP) is 3.42. The molecule has 4 nitrogen and oxygen atoms in total. The molecule has 0 heterocycles. The second-order valence-electron chi connectivity index (χ2n) is 4.69. The highest BCUT2D eigenvalue weighted by Gasteiger charge is 2.18. The van der Waals surface area contributed by atoms with Crippen molar-refractivity contribution in [1.82, 2.24) is 0 Å². The second kappa shape index (κ2) is 7.12. The molecule has 0 aromatic heterocycles. The molecule has 1 aromatic carbocycles. The van der Waals surface area contributed by atoms with Crippen molar-refractivity contribution in [2.75, 3.05) is 12.4 Å². The highest BCUT2D eigenvalue weighted by molar-refractivity contribution is 9.10. The Morgan fingerprint density at radius 2 is 2.16 bits per heavy atom. The minimum Gasteiger partial charge on any atom is -0.493 e. The van der Waals surface area contributed by atoms with E-state index in [-0.39, 0.29) is 5.91 Å². The molecule has 1 rings (SSSR count). The molecule has 0 aliphatic carbocycles. The third kappa shape index (κ3) is 4.67. The van der Waals surface area contributed by atoms with Crippen molar-refractivity contribution in [2.24, 2.45) is 11.7 Å². The molecule has 1 aromatic rings. The molecular weight excluding hydrogens is 332 g/mol. The molecule has 6 heteroatoms. The summed E-state index contributed by atoms with van der Waals surface area (Å²) < 4.78 is 5.91. The van der Waals surface area contributed by atoms with E-state index < -0.39 is 6.04 Å². The minimum absolute atomic E-state index is 0.249. The first-order valence-electron chi connectivity index (χ1n) is 5.94. The van der Waals surface area contributed by atoms with Gasteiger partial charge in [0.05, 0.1) is 23.3 Å². The van der Waals surface area contributed by atoms with E-state index in [4.69, 9.17) is 22.1 Å². The van der Waals surface area contributed by atoms with Crippen LogP contribution in [0.5, 0.6) is 5.75 Å². The number of nitrogens with two attached hydrogens (primary N) is 1. The number of halogens is 2. The standard InChI is InChI=1S/C13H18BrClN2O2/c1-7(2)4-10(16)13(18)17-11-6-8(15)5-9(14)12(11)19-3/h5-7,10H,4,16H2,1-3H3,(H,17,18)/t10-/m1/s1. The van der Waals surface area contributed by atoms with Crippen LogP contribution in [-0.2, 0) is 4.79 Å². The van der Waals surface area contributed by atoms with Gasteiger partial charge in [0.25, 0.3) is 0 Å². The smallest absolute Gasteiger partial charge is 0.241 e. The first-order chi connectivity index (χ1) is 8.85. The number of ether oxygens (including phenoxy) is 1. The zero-order valence-electron chi connectivity index (χ0n) is 11.2. The highest BCUT2D eigenvalue weighted by atomic mass is 79.9. The first kappa shape index (κ1) is 16.3. The van der Waals surface area contributed by atoms with E-state index in [1.54, 1.807) is 12.1 Å². The lowest BCUT2D eigenvalue weighted by Gasteiger charge is -2.16. The summed E-state index contributed by atoms with van der Waals surface area (Å²) in [5, 5.41) is 3.25. The minimum atomic E-state index is -0.553. The quantitative estimate of drug-likeness (QED) is 0.856. The van der Waals surface area contributed by atoms with Crippen molar-refractivity contribution in [3.63, 3.8) is 0 Å². The molecule has 1 amide bonds. The van der Waals surface area contributed by atoms with Crippen LogP contribution in [0.1, 0.15) is 20.3 Å². The lowest BCUT2D eigenvalue weighted by molar-refractivity contribution is -0.117. The number of carbonyl (C=O) groups excluding carboxylic acids is 1. The molecule has 0 saturated heterocycles. The van der Waals surface area contributed by atoms with Crippen molar-refractivity contribution in [3.8, 4) is 5.75 Å². The number of rotatable bonds is 5. The largest absolute Gasteiger partial charge is 0.493 e. The Hall–Kier alpha value is -0.780. The molecule has 0 saturated carbocycles. The SMILES string of the molecule is COc1c(Br)cc(Cl)cc1NC(=O)[C@H](N)CC(C)C. The van der Waals surface area contributed by atoms with Crippen LogP contribution >= 0.6 is 27.5 Å². The fourth-order valence-electron chi connectivity index (χ4n) is 1.70. The average Bonchev–Trinajstić information content (AvgIpc) is 2.27. The van der Waals surface area contributed by atoms with Crippen LogP contribution in [0.25, 0.3) is 0 Å². The third-order valence-electron chi connectivity index (χ3n) is 2.53. The summed E-state index contributed by atoms with van der Waals surface area (Å²) in [6, 6.07) is 2.78. The van der Waals surface area contributed by atoms with Crippen LogP contribution in [0.4, 0.5) is 5.69 Å². The average molecular weight is 350 g/mol. The molecule has 0 aliphatic heterocycles. The van der Waals surface area contributed by atoms with Crippen LogP contribution in [0.2, 0.25) is 5.02 Å². The number of benzene rings is 1. The van der Waals surface area contributed by atoms with Gasteiger partial charge >= 0.3 is 0 Å². The van der Waals surface area contributed by atoms with E-state index in [0.29, 0.717) is 33.3 Å². The summed E-state index contributed by atoms with van der Waals surface area (Å²) in [7, 11) is 1.53. The molecule has 106 valence electrons. The Kier molecular flexibility index (Phi) is 6.10. The number of nitrogens with one attached hydrogen (secondary N) is 1. The van der Waals surface area contributed by atoms with Crippen molar-refractivity contribution in [1.29, 1.82) is 0 Å². The lowest BCUT2D eigenvalue weighted by atomic mass is 10.0. The summed E-state index contributed by atoms with van der Waals surface area (Å²) in [5.41, 5.74) is 6.34. The molecule has 0 spiro atoms. The predicted molar refractivity (Wildman–Crippen MR) is 81.8 cm³/mol. The van der Waals surface area contributed by atoms with Gasteiger partial charge in [0.2, 0.25) is 5.91 Å². The van der Waals surface area contributed by atoms with Crippen LogP contribution in [0.3, 0.4) is 0 Å². The normalized spacial score (nSPS) is 12.4. The summed E-state index contributed by atoms with van der Waals surface area (Å²) in [6.07, 6.45) is 0.621. The van der Waals surface area contributed by atoms with Crippen molar-refractivity contribution < 1.29 is 9.53 Å². The van der Waals surface area contributed by atoms with Gasteiger partial charge in [-0.05, 0) is 40.4 Å². The topological polar surface area (TPSA) is 64.3 Å². The Labute approximate surface area is 126 Å². The van der Waals surface area contributed by atoms with Gasteiger partial charge in [-0.15, -0.1) is 0 Å². The summed E-state index contributed by atoms with van der Waals surface area (Å²) in [5.74, 6) is 0.629. The molecule has 19 heavy (non-hydrogen) atoms. The molecule has 0 aliphatic rings. The van der Waals surface area contributed by atoms with Crippen LogP contribution in [0.15, 0.2) is 16.6 Å². The summed E-state index contributed by atoms with van der Waals surface area (Å²) in [6.45, 7) is 4.04. The van der Waals surface area contributed by atoms with Crippen LogP contribution in [0, 0.1) is 5.92 Å². The van der Waals surface area contributed by atoms with Crippen molar-refractivity contribution in [3.05, 3.63) is 21.6 Å². The monoisotopic (exact) mass is 348 g/mol. The maximum Gasteiger partial charge on any atom is 0.241 e. The van der Waals surface area contributed by atoms with Gasteiger partial charge < -0.3 is 15.8 Å². The maximum absolute atomic E-state index is 12.0. The Morgan fingerprint density at radius 1 is 1.53 bits per heavy atom. The van der Waals surface area contributed by atoms with Gasteiger partial charge in [-0.25, -0.2) is 0 Å². The summed E-state index contributed by atoms with van der Waals surface area (Å²) >= 11 is 9.29. The van der Waals surface area contributed by atoms with E-state index in [2.05, 4.69) is 21.2 Å². The molecule has 0 radical (unpaired) electrons. The molecule has 3 N–H and O–H groups in total. The Balaban J connectivity index is 2.90. The third-order valence-corrected chi connectivity index (χ3v) is 3.34. The van der Waals surface area contributed by atoms with Gasteiger partial charge in [0.15, 0.2) is 5.75 Å². The van der Waals surface area contributed by atoms with E-state index in [9.17, 15) is 4.79 Å². The van der Waals surface area contributed by atoms with Gasteiger partial charge in [0.1, 0.15) is 0 Å². The van der Waals surface area contributed by atoms with Gasteiger partial charge in [-0.2, -0.15) is 0 Å². The number of carbonyl (C=O) groups is 1. The van der Waals surface area contributed by atoms with Crippen LogP contribution < -0.4 is 15.8 Å². The number of anilines is 1. The van der Waals surface area contributed by atoms with E-state index in [1.165, 1.54) is 7.11 Å². The van der Waals surface area contributed by atoms with E-state index in [0.717, 1.165) is 0 Å². The highest BCUT2D eigenvalue weighted by Crippen LogP contribution is 2.36. The Bertz CT molecular complexity index is 466. The number of amides is 1. The zero-order chi connectivity index (χ0) is 14.6. The van der Waals surface area contributed by atoms with Gasteiger partial charge in [0, 0.05) is 5.02 Å². The second-order valence-corrected chi connectivity index (χ2v) is 5.98. The van der Waals surface area contributed by atoms with Crippen LogP contribution in [-0.4, -0.2) is 19.1 Å². The summed E-state index contributed by atoms with van der Waals surface area (Å²) in [4.78, 5) is 12.0. The van der Waals surface area contributed by atoms with Crippen molar-refractivity contribution >= 4 is 39.1 Å². The van der Waals surface area contributed by atoms with Gasteiger partial charge in [-0.3, -0.25) is 4.79 Å². The number of hydrogen-bond acceptors (Lipinski definition) is 3. The molecular formula is C13H18BrClN2O2. The fourth-order valence-corrected chi connectivity index (χ4v) is 2.67. The molecule has 0 bridgehead atoms. The van der Waals surface area contributed by atoms with Crippen molar-refractivity contribution in [2.45, 2.75) is 26.3 Å². The zero-order valence-corrected chi connectivity index (χ0v) is 13.5. The van der Waals surface area contributed by atoms with E-state index >= 15 is 0 Å². The molecule has 1 atom stereocenters. The molecule has 0 unspecified atom stereocenters. The van der Waals surface area contributed by atoms with Gasteiger partial charge in [-0.1, -0.05) is 25.4 Å². The first-order valence-corrected chi connectivity index (χ1v) is 7.11. The number of hydrogen-bond donors (Lipinski definition) is 2. The fraction of sp³-hybridized carbons (Fsp3) is 0.462.